The van der Waals surface area contributed by atoms with Crippen LogP contribution < -0.4 is 10.2 Å². The average molecular weight is 323 g/mol. The van der Waals surface area contributed by atoms with Crippen LogP contribution in [0.1, 0.15) is 11.3 Å². The smallest absolute Gasteiger partial charge is 0.204 e. The van der Waals surface area contributed by atoms with Gasteiger partial charge in [0.05, 0.1) is 18.4 Å². The Morgan fingerprint density at radius 1 is 1.32 bits per heavy atom. The van der Waals surface area contributed by atoms with Gasteiger partial charge in [-0.05, 0) is 30.7 Å². The van der Waals surface area contributed by atoms with Crippen molar-refractivity contribution in [2.45, 2.75) is 13.5 Å². The predicted octanol–water partition coefficient (Wildman–Crippen LogP) is 3.17. The maximum atomic E-state index is 4.40. The lowest BCUT2D eigenvalue weighted by Crippen LogP contribution is -2.15. The van der Waals surface area contributed by atoms with Gasteiger partial charge in [0.25, 0.3) is 0 Å². The van der Waals surface area contributed by atoms with Gasteiger partial charge in [0.15, 0.2) is 0 Å². The largest absolute Gasteiger partial charge is 0.379 e. The molecular formula is C14H19BrN4. The Morgan fingerprint density at radius 2 is 2.05 bits per heavy atom. The van der Waals surface area contributed by atoms with Crippen LogP contribution >= 0.6 is 15.9 Å². The maximum Gasteiger partial charge on any atom is 0.204 e. The molecule has 0 atom stereocenters. The van der Waals surface area contributed by atoms with Crippen LogP contribution in [-0.4, -0.2) is 23.6 Å². The predicted molar refractivity (Wildman–Crippen MR) is 83.7 cm³/mol. The Labute approximate surface area is 122 Å². The number of benzene rings is 1. The summed E-state index contributed by atoms with van der Waals surface area (Å²) in [6.45, 7) is 2.84. The molecule has 19 heavy (non-hydrogen) atoms. The molecule has 1 aromatic carbocycles. The van der Waals surface area contributed by atoms with Crippen molar-refractivity contribution in [1.82, 2.24) is 9.55 Å². The molecule has 0 aliphatic heterocycles. The lowest BCUT2D eigenvalue weighted by molar-refractivity contribution is 0.814. The molecule has 5 heteroatoms. The van der Waals surface area contributed by atoms with Crippen LogP contribution in [0.3, 0.4) is 0 Å². The van der Waals surface area contributed by atoms with Crippen molar-refractivity contribution in [1.29, 1.82) is 0 Å². The summed E-state index contributed by atoms with van der Waals surface area (Å²) in [5, 5.41) is 3.43. The molecular weight excluding hydrogens is 304 g/mol. The summed E-state index contributed by atoms with van der Waals surface area (Å²) in [7, 11) is 6.03. The SMILES string of the molecule is Cc1cc(Br)cc(NCc2cnc(N(C)C)n2C)c1. The number of anilines is 2. The molecule has 0 amide bonds. The molecule has 0 saturated heterocycles. The number of imidazole rings is 1. The van der Waals surface area contributed by atoms with E-state index in [1.165, 1.54) is 5.56 Å². The molecule has 2 rings (SSSR count). The third kappa shape index (κ3) is 3.29. The minimum absolute atomic E-state index is 0.757. The molecule has 102 valence electrons. The number of aromatic nitrogens is 2. The van der Waals surface area contributed by atoms with E-state index in [-0.39, 0.29) is 0 Å². The number of aryl methyl sites for hydroxylation is 1. The topological polar surface area (TPSA) is 33.1 Å². The summed E-state index contributed by atoms with van der Waals surface area (Å²) < 4.78 is 3.19. The summed E-state index contributed by atoms with van der Waals surface area (Å²) in [6, 6.07) is 6.31. The molecule has 0 aliphatic rings. The monoisotopic (exact) mass is 322 g/mol. The van der Waals surface area contributed by atoms with Gasteiger partial charge in [-0.15, -0.1) is 0 Å². The molecule has 0 radical (unpaired) electrons. The molecule has 1 N–H and O–H groups in total. The fourth-order valence-electron chi connectivity index (χ4n) is 2.04. The van der Waals surface area contributed by atoms with E-state index in [2.05, 4.69) is 55.9 Å². The number of hydrogen-bond acceptors (Lipinski definition) is 3. The van der Waals surface area contributed by atoms with E-state index in [1.54, 1.807) is 0 Å². The maximum absolute atomic E-state index is 4.40. The van der Waals surface area contributed by atoms with Crippen molar-refractivity contribution < 1.29 is 0 Å². The molecule has 1 heterocycles. The molecule has 0 saturated carbocycles. The fourth-order valence-corrected chi connectivity index (χ4v) is 2.65. The summed E-state index contributed by atoms with van der Waals surface area (Å²) in [5.74, 6) is 0.960. The van der Waals surface area contributed by atoms with E-state index < -0.39 is 0 Å². The zero-order chi connectivity index (χ0) is 14.0. The molecule has 0 spiro atoms. The van der Waals surface area contributed by atoms with E-state index in [0.717, 1.165) is 28.3 Å². The van der Waals surface area contributed by atoms with Crippen molar-refractivity contribution in [3.8, 4) is 0 Å². The highest BCUT2D eigenvalue weighted by Gasteiger charge is 2.07. The average Bonchev–Trinajstić information content (AvgIpc) is 2.67. The van der Waals surface area contributed by atoms with E-state index in [9.17, 15) is 0 Å². The van der Waals surface area contributed by atoms with Crippen molar-refractivity contribution >= 4 is 27.6 Å². The van der Waals surface area contributed by atoms with Crippen molar-refractivity contribution in [3.05, 3.63) is 40.1 Å². The van der Waals surface area contributed by atoms with E-state index in [0.29, 0.717) is 0 Å². The number of hydrogen-bond donors (Lipinski definition) is 1. The minimum Gasteiger partial charge on any atom is -0.379 e. The summed E-state index contributed by atoms with van der Waals surface area (Å²) >= 11 is 3.51. The standard InChI is InChI=1S/C14H19BrN4/c1-10-5-11(15)7-12(6-10)16-8-13-9-17-14(18(2)3)19(13)4/h5-7,9,16H,8H2,1-4H3. The molecule has 0 unspecified atom stereocenters. The van der Waals surface area contributed by atoms with Crippen LogP contribution in [0.2, 0.25) is 0 Å². The van der Waals surface area contributed by atoms with Gasteiger partial charge in [-0.1, -0.05) is 15.9 Å². The van der Waals surface area contributed by atoms with Crippen molar-refractivity contribution in [2.24, 2.45) is 7.05 Å². The third-order valence-corrected chi connectivity index (χ3v) is 3.43. The van der Waals surface area contributed by atoms with Crippen molar-refractivity contribution in [3.63, 3.8) is 0 Å². The summed E-state index contributed by atoms with van der Waals surface area (Å²) in [6.07, 6.45) is 1.91. The lowest BCUT2D eigenvalue weighted by Gasteiger charge is -2.13. The van der Waals surface area contributed by atoms with Crippen LogP contribution in [0.15, 0.2) is 28.9 Å². The normalized spacial score (nSPS) is 10.6. The highest BCUT2D eigenvalue weighted by molar-refractivity contribution is 9.10. The molecule has 2 aromatic rings. The minimum atomic E-state index is 0.757. The first kappa shape index (κ1) is 13.9. The second-order valence-electron chi connectivity index (χ2n) is 4.87. The molecule has 4 nitrogen and oxygen atoms in total. The van der Waals surface area contributed by atoms with E-state index >= 15 is 0 Å². The molecule has 0 aliphatic carbocycles. The van der Waals surface area contributed by atoms with Crippen LogP contribution in [0.4, 0.5) is 11.6 Å². The Hall–Kier alpha value is -1.49. The van der Waals surface area contributed by atoms with Gasteiger partial charge in [0.2, 0.25) is 5.95 Å². The number of rotatable bonds is 4. The lowest BCUT2D eigenvalue weighted by atomic mass is 10.2. The van der Waals surface area contributed by atoms with Gasteiger partial charge in [-0.2, -0.15) is 0 Å². The zero-order valence-electron chi connectivity index (χ0n) is 11.7. The molecule has 1 aromatic heterocycles. The van der Waals surface area contributed by atoms with Gasteiger partial charge < -0.3 is 14.8 Å². The number of halogens is 1. The first-order chi connectivity index (χ1) is 8.97. The van der Waals surface area contributed by atoms with Crippen LogP contribution in [0, 0.1) is 6.92 Å². The Balaban J connectivity index is 2.10. The summed E-state index contributed by atoms with van der Waals surface area (Å²) in [4.78, 5) is 6.41. The van der Waals surface area contributed by atoms with Gasteiger partial charge in [0, 0.05) is 31.3 Å². The third-order valence-electron chi connectivity index (χ3n) is 2.98. The van der Waals surface area contributed by atoms with E-state index in [4.69, 9.17) is 0 Å². The fraction of sp³-hybridized carbons (Fsp3) is 0.357. The quantitative estimate of drug-likeness (QED) is 0.938. The summed E-state index contributed by atoms with van der Waals surface area (Å²) in [5.41, 5.74) is 3.50. The van der Waals surface area contributed by atoms with E-state index in [1.807, 2.05) is 32.2 Å². The Bertz CT molecular complexity index is 555. The molecule has 0 fully saturated rings. The van der Waals surface area contributed by atoms with Gasteiger partial charge in [0.1, 0.15) is 0 Å². The van der Waals surface area contributed by atoms with Crippen LogP contribution in [0.5, 0.6) is 0 Å². The molecule has 0 bridgehead atoms. The highest BCUT2D eigenvalue weighted by Crippen LogP contribution is 2.20. The first-order valence-electron chi connectivity index (χ1n) is 6.16. The number of nitrogens with one attached hydrogen (secondary N) is 1. The Morgan fingerprint density at radius 3 is 2.63 bits per heavy atom. The van der Waals surface area contributed by atoms with Crippen LogP contribution in [-0.2, 0) is 13.6 Å². The zero-order valence-corrected chi connectivity index (χ0v) is 13.3. The van der Waals surface area contributed by atoms with Crippen LogP contribution in [0.25, 0.3) is 0 Å². The Kier molecular flexibility index (Phi) is 4.14. The van der Waals surface area contributed by atoms with Gasteiger partial charge in [-0.3, -0.25) is 0 Å². The van der Waals surface area contributed by atoms with Gasteiger partial charge >= 0.3 is 0 Å². The highest BCUT2D eigenvalue weighted by atomic mass is 79.9. The second kappa shape index (κ2) is 5.65. The number of nitrogens with zero attached hydrogens (tertiary/aromatic N) is 3. The first-order valence-corrected chi connectivity index (χ1v) is 6.95. The second-order valence-corrected chi connectivity index (χ2v) is 5.79. The van der Waals surface area contributed by atoms with Gasteiger partial charge in [-0.25, -0.2) is 4.98 Å². The van der Waals surface area contributed by atoms with Crippen molar-refractivity contribution in [2.75, 3.05) is 24.3 Å².